The number of carbonyl (C=O) groups is 3. The molecule has 0 radical (unpaired) electrons. The molecule has 0 bridgehead atoms. The van der Waals surface area contributed by atoms with Gasteiger partial charge in [0.05, 0.1) is 5.03 Å². The fourth-order valence-corrected chi connectivity index (χ4v) is 6.66. The van der Waals surface area contributed by atoms with Gasteiger partial charge in [-0.3, -0.25) is 19.9 Å². The summed E-state index contributed by atoms with van der Waals surface area (Å²) < 4.78 is 3.96. The van der Waals surface area contributed by atoms with Crippen LogP contribution in [-0.4, -0.2) is 95.9 Å². The van der Waals surface area contributed by atoms with Crippen LogP contribution in [0.25, 0.3) is 0 Å². The summed E-state index contributed by atoms with van der Waals surface area (Å²) >= 11 is 3.85. The van der Waals surface area contributed by atoms with Crippen LogP contribution in [0, 0.1) is 0 Å². The average Bonchev–Trinajstić information content (AvgIpc) is 3.54. The van der Waals surface area contributed by atoms with Crippen molar-refractivity contribution in [3.8, 4) is 0 Å². The second kappa shape index (κ2) is 12.4. The molecule has 40 heavy (non-hydrogen) atoms. The highest BCUT2D eigenvalue weighted by atomic mass is 35.5. The van der Waals surface area contributed by atoms with E-state index >= 15 is 0 Å². The minimum atomic E-state index is -1.21. The molecule has 4 aliphatic heterocycles. The van der Waals surface area contributed by atoms with E-state index in [9.17, 15) is 19.5 Å². The predicted octanol–water partition coefficient (Wildman–Crippen LogP) is -0.387. The summed E-state index contributed by atoms with van der Waals surface area (Å²) in [5.74, 6) is -0.589. The molecule has 0 unspecified atom stereocenters. The van der Waals surface area contributed by atoms with Crippen molar-refractivity contribution < 1.29 is 24.3 Å². The number of carboxylic acids is 1. The number of nitrogens with zero attached hydrogens (tertiary/aromatic N) is 6. The number of β-lactam (4-membered cyclic amide) rings is 1. The average molecular weight is 629 g/mol. The Labute approximate surface area is 246 Å². The lowest BCUT2D eigenvalue weighted by atomic mass is 10.0. The summed E-state index contributed by atoms with van der Waals surface area (Å²) in [5, 5.41) is 18.6. The van der Waals surface area contributed by atoms with Crippen LogP contribution in [0.4, 0.5) is 5.13 Å². The molecular formula is C21H25ClN10O5S3. The number of aliphatic carboxylic acids is 1. The van der Waals surface area contributed by atoms with Crippen LogP contribution in [0.15, 0.2) is 51.8 Å². The largest absolute Gasteiger partial charge is 0.477 e. The smallest absolute Gasteiger partial charge is 0.352 e. The number of rotatable bonds is 10. The van der Waals surface area contributed by atoms with Gasteiger partial charge in [0.15, 0.2) is 5.13 Å². The Hall–Kier alpha value is -3.45. The van der Waals surface area contributed by atoms with Gasteiger partial charge in [0.1, 0.15) is 30.0 Å². The number of hydrogen-bond donors (Lipinski definition) is 5. The Bertz CT molecular complexity index is 1360. The van der Waals surface area contributed by atoms with Crippen molar-refractivity contribution in [2.24, 2.45) is 10.9 Å². The summed E-state index contributed by atoms with van der Waals surface area (Å²) in [6.07, 6.45) is 7.54. The number of hydrogen-bond acceptors (Lipinski definition) is 15. The topological polar surface area (TPSA) is 205 Å². The number of fused-ring (bicyclic) bond motifs is 2. The number of aromatic nitrogens is 2. The number of hydrazine groups is 1. The van der Waals surface area contributed by atoms with Crippen LogP contribution >= 0.6 is 47.5 Å². The number of allylic oxidation sites excluding steroid dienone is 2. The van der Waals surface area contributed by atoms with Crippen LogP contribution in [0.1, 0.15) is 5.82 Å². The third kappa shape index (κ3) is 5.57. The van der Waals surface area contributed by atoms with Crippen molar-refractivity contribution in [3.05, 3.63) is 52.5 Å². The molecule has 1 fully saturated rings. The molecule has 1 aromatic heterocycles. The normalized spacial score (nSPS) is 21.5. The third-order valence-electron chi connectivity index (χ3n) is 5.88. The highest BCUT2D eigenvalue weighted by Gasteiger charge is 2.54. The number of thioether (sulfide) groups is 2. The van der Waals surface area contributed by atoms with E-state index < -0.39 is 29.2 Å². The van der Waals surface area contributed by atoms with Gasteiger partial charge in [-0.2, -0.15) is 9.36 Å². The number of halogens is 1. The Morgan fingerprint density at radius 1 is 1.38 bits per heavy atom. The van der Waals surface area contributed by atoms with Gasteiger partial charge in [-0.05, 0) is 17.7 Å². The molecule has 0 saturated carbocycles. The summed E-state index contributed by atoms with van der Waals surface area (Å²) in [6, 6.07) is -0.960. The standard InChI is InChI=1S/C21H24N10O5S3.ClH/c1-36-27-13(16-25-21(23)39-28-16)17(32)24-14-18(33)31-15(20(34)35)10(9-38-19(14)31)8-29-5-6-30-12(29)3-2-11(26-30)37-7-4-22;/h2-3,5-6,14,19,26H,4,7-9,22H2,1H3,(H,24,32)(H,34,35)(H2,23,25,28);1H/b27-13-;/t14-,19+;/m1./s1. The van der Waals surface area contributed by atoms with Gasteiger partial charge in [0.2, 0.25) is 11.5 Å². The molecule has 1 aromatic rings. The number of amides is 2. The molecule has 2 atom stereocenters. The van der Waals surface area contributed by atoms with Crippen molar-refractivity contribution in [3.63, 3.8) is 0 Å². The predicted molar refractivity (Wildman–Crippen MR) is 153 cm³/mol. The molecule has 0 aromatic carbocycles. The fraction of sp³-hybridized carbons (Fsp3) is 0.333. The van der Waals surface area contributed by atoms with Crippen LogP contribution in [-0.2, 0) is 19.2 Å². The van der Waals surface area contributed by atoms with Crippen LogP contribution in [0.2, 0.25) is 0 Å². The van der Waals surface area contributed by atoms with Gasteiger partial charge in [0.25, 0.3) is 11.8 Å². The van der Waals surface area contributed by atoms with Crippen molar-refractivity contribution in [1.82, 2.24) is 34.9 Å². The van der Waals surface area contributed by atoms with Crippen molar-refractivity contribution in [1.29, 1.82) is 0 Å². The molecule has 5 rings (SSSR count). The molecule has 214 valence electrons. The maximum atomic E-state index is 13.1. The molecule has 15 nitrogen and oxygen atoms in total. The molecule has 5 heterocycles. The van der Waals surface area contributed by atoms with Gasteiger partial charge in [-0.15, -0.1) is 35.9 Å². The second-order valence-electron chi connectivity index (χ2n) is 8.30. The minimum absolute atomic E-state index is 0. The van der Waals surface area contributed by atoms with Gasteiger partial charge >= 0.3 is 5.97 Å². The number of carboxylic acid groups (broad SMARTS) is 1. The Balaban J connectivity index is 0.00000370. The summed E-state index contributed by atoms with van der Waals surface area (Å²) in [5.41, 5.74) is 14.7. The number of oxime groups is 1. The van der Waals surface area contributed by atoms with E-state index in [1.807, 2.05) is 34.5 Å². The van der Waals surface area contributed by atoms with Gasteiger partial charge in [0, 0.05) is 48.5 Å². The molecule has 0 aliphatic carbocycles. The van der Waals surface area contributed by atoms with Gasteiger partial charge < -0.3 is 31.6 Å². The van der Waals surface area contributed by atoms with Crippen molar-refractivity contribution >= 4 is 76.1 Å². The SMILES string of the molecule is CO/N=C(\C(=O)N[C@@H]1C(=O)N2C(C(=O)O)=C(CN3C=CN4NC(SCCN)=CC=C34)CS[C@@H]12)c1nsc(N)n1.Cl. The Kier molecular flexibility index (Phi) is 9.14. The number of nitrogen functional groups attached to an aromatic ring is 1. The van der Waals surface area contributed by atoms with Crippen LogP contribution < -0.4 is 22.2 Å². The lowest BCUT2D eigenvalue weighted by Gasteiger charge is -2.49. The maximum Gasteiger partial charge on any atom is 0.352 e. The van der Waals surface area contributed by atoms with Crippen molar-refractivity contribution in [2.45, 2.75) is 11.4 Å². The zero-order valence-corrected chi connectivity index (χ0v) is 24.1. The first-order valence-corrected chi connectivity index (χ1v) is 14.3. The Morgan fingerprint density at radius 2 is 2.17 bits per heavy atom. The molecule has 4 aliphatic rings. The first kappa shape index (κ1) is 29.5. The minimum Gasteiger partial charge on any atom is -0.477 e. The lowest BCUT2D eigenvalue weighted by molar-refractivity contribution is -0.150. The first-order valence-electron chi connectivity index (χ1n) is 11.5. The van der Waals surface area contributed by atoms with E-state index in [2.05, 4.69) is 25.3 Å². The lowest BCUT2D eigenvalue weighted by Crippen LogP contribution is -2.71. The van der Waals surface area contributed by atoms with Gasteiger partial charge in [-0.25, -0.2) is 9.80 Å². The van der Waals surface area contributed by atoms with E-state index in [0.717, 1.165) is 28.1 Å². The Morgan fingerprint density at radius 3 is 2.85 bits per heavy atom. The third-order valence-corrected chi connectivity index (χ3v) is 8.74. The highest BCUT2D eigenvalue weighted by molar-refractivity contribution is 8.03. The van der Waals surface area contributed by atoms with Crippen LogP contribution in [0.5, 0.6) is 0 Å². The summed E-state index contributed by atoms with van der Waals surface area (Å²) in [7, 11) is 1.26. The summed E-state index contributed by atoms with van der Waals surface area (Å²) in [4.78, 5) is 50.1. The number of anilines is 1. The van der Waals surface area contributed by atoms with E-state index in [4.69, 9.17) is 16.3 Å². The van der Waals surface area contributed by atoms with E-state index in [0.29, 0.717) is 17.9 Å². The van der Waals surface area contributed by atoms with E-state index in [-0.39, 0.29) is 41.3 Å². The number of carbonyl (C=O) groups excluding carboxylic acids is 2. The zero-order chi connectivity index (χ0) is 27.7. The van der Waals surface area contributed by atoms with E-state index in [1.54, 1.807) is 11.8 Å². The molecule has 7 N–H and O–H groups in total. The second-order valence-corrected chi connectivity index (χ2v) is 11.3. The van der Waals surface area contributed by atoms with Crippen LogP contribution in [0.3, 0.4) is 0 Å². The van der Waals surface area contributed by atoms with Gasteiger partial charge in [-0.1, -0.05) is 5.16 Å². The number of nitrogens with one attached hydrogen (secondary N) is 2. The molecule has 0 spiro atoms. The maximum absolute atomic E-state index is 13.1. The molecular weight excluding hydrogens is 604 g/mol. The van der Waals surface area contributed by atoms with E-state index in [1.165, 1.54) is 23.8 Å². The highest BCUT2D eigenvalue weighted by Crippen LogP contribution is 2.41. The fourth-order valence-electron chi connectivity index (χ4n) is 4.22. The molecule has 2 amide bonds. The number of nitrogens with two attached hydrogens (primary N) is 2. The monoisotopic (exact) mass is 628 g/mol. The zero-order valence-electron chi connectivity index (χ0n) is 20.8. The molecule has 1 saturated heterocycles. The first-order chi connectivity index (χ1) is 18.8. The molecule has 19 heteroatoms. The summed E-state index contributed by atoms with van der Waals surface area (Å²) in [6.45, 7) is 0.830. The van der Waals surface area contributed by atoms with Crippen molar-refractivity contribution in [2.75, 3.05) is 37.4 Å². The quantitative estimate of drug-likeness (QED) is 0.127.